The molecule has 0 unspecified atom stereocenters. The molecule has 6 nitrogen and oxygen atoms in total. The number of carbonyl (C=O) groups is 1. The highest BCUT2D eigenvalue weighted by Crippen LogP contribution is 1.88. The van der Waals surface area contributed by atoms with Crippen molar-refractivity contribution in [3.05, 3.63) is 24.3 Å². The fourth-order valence-electron chi connectivity index (χ4n) is 0.641. The van der Waals surface area contributed by atoms with Crippen molar-refractivity contribution < 1.29 is 4.79 Å². The molecule has 1 aromatic rings. The summed E-state index contributed by atoms with van der Waals surface area (Å²) in [7, 11) is 0. The molecule has 0 aliphatic rings. The van der Waals surface area contributed by atoms with E-state index in [1.165, 1.54) is 18.6 Å². The predicted octanol–water partition coefficient (Wildman–Crippen LogP) is -0.548. The van der Waals surface area contributed by atoms with Gasteiger partial charge in [-0.25, -0.2) is 10.4 Å². The van der Waals surface area contributed by atoms with Crippen LogP contribution in [0.5, 0.6) is 0 Å². The van der Waals surface area contributed by atoms with Gasteiger partial charge in [0.1, 0.15) is 11.6 Å². The maximum absolute atomic E-state index is 10.7. The first-order valence-corrected chi connectivity index (χ1v) is 4.22. The minimum absolute atomic E-state index is 0.0802. The lowest BCUT2D eigenvalue weighted by atomic mass is 10.4. The number of hydrogen-bond donors (Lipinski definition) is 2. The van der Waals surface area contributed by atoms with Crippen LogP contribution in [0.15, 0.2) is 23.7 Å². The van der Waals surface area contributed by atoms with Gasteiger partial charge in [-0.15, -0.1) is 11.6 Å². The molecule has 0 radical (unpaired) electrons. The van der Waals surface area contributed by atoms with Gasteiger partial charge in [0.05, 0.1) is 6.20 Å². The van der Waals surface area contributed by atoms with Crippen LogP contribution in [0.1, 0.15) is 5.69 Å². The zero-order valence-corrected chi connectivity index (χ0v) is 7.90. The first kappa shape index (κ1) is 10.4. The van der Waals surface area contributed by atoms with E-state index in [0.29, 0.717) is 5.69 Å². The van der Waals surface area contributed by atoms with Crippen LogP contribution in [0, 0.1) is 0 Å². The summed E-state index contributed by atoms with van der Waals surface area (Å²) in [4.78, 5) is 18.4. The second-order valence-corrected chi connectivity index (χ2v) is 2.52. The molecule has 1 heterocycles. The number of nitrogens with zero attached hydrogens (tertiary/aromatic N) is 3. The molecule has 74 valence electrons. The molecule has 0 aliphatic heterocycles. The van der Waals surface area contributed by atoms with Crippen molar-refractivity contribution in [2.24, 2.45) is 10.8 Å². The second-order valence-electron chi connectivity index (χ2n) is 2.26. The lowest BCUT2D eigenvalue weighted by molar-refractivity contribution is -0.118. The smallest absolute Gasteiger partial charge is 0.255 e. The third-order valence-electron chi connectivity index (χ3n) is 1.25. The Morgan fingerprint density at radius 2 is 2.43 bits per heavy atom. The highest BCUT2D eigenvalue weighted by Gasteiger charge is 2.00. The fraction of sp³-hybridized carbons (Fsp3) is 0.143. The number of nitrogens with two attached hydrogens (primary N) is 1. The molecule has 3 N–H and O–H groups in total. The molecule has 14 heavy (non-hydrogen) atoms. The summed E-state index contributed by atoms with van der Waals surface area (Å²) in [6.45, 7) is 0. The maximum Gasteiger partial charge on any atom is 0.255 e. The Kier molecular flexibility index (Phi) is 3.81. The number of amidine groups is 1. The van der Waals surface area contributed by atoms with E-state index in [1.54, 1.807) is 0 Å². The Morgan fingerprint density at radius 3 is 3.00 bits per heavy atom. The summed E-state index contributed by atoms with van der Waals surface area (Å²) in [5.74, 6) is -0.521. The van der Waals surface area contributed by atoms with Gasteiger partial charge in [0.15, 0.2) is 5.84 Å². The normalized spacial score (nSPS) is 11.1. The fourth-order valence-corrected chi connectivity index (χ4v) is 0.701. The number of hydrazone groups is 1. The van der Waals surface area contributed by atoms with Gasteiger partial charge in [-0.05, 0) is 0 Å². The monoisotopic (exact) mass is 213 g/mol. The van der Waals surface area contributed by atoms with Crippen molar-refractivity contribution in [2.75, 3.05) is 5.88 Å². The van der Waals surface area contributed by atoms with Crippen LogP contribution in [0.25, 0.3) is 0 Å². The Labute approximate surface area is 85.2 Å². The van der Waals surface area contributed by atoms with E-state index < -0.39 is 5.91 Å². The Bertz CT molecular complexity index is 339. The van der Waals surface area contributed by atoms with Crippen LogP contribution in [0.3, 0.4) is 0 Å². The highest BCUT2D eigenvalue weighted by atomic mass is 35.5. The highest BCUT2D eigenvalue weighted by molar-refractivity contribution is 6.27. The first-order valence-electron chi connectivity index (χ1n) is 3.68. The van der Waals surface area contributed by atoms with E-state index in [4.69, 9.17) is 17.3 Å². The Hall–Kier alpha value is -1.69. The second kappa shape index (κ2) is 5.13. The summed E-state index contributed by atoms with van der Waals surface area (Å²) in [6, 6.07) is 0. The lowest BCUT2D eigenvalue weighted by Gasteiger charge is -1.98. The van der Waals surface area contributed by atoms with Crippen LogP contribution < -0.4 is 11.2 Å². The average molecular weight is 214 g/mol. The van der Waals surface area contributed by atoms with Crippen LogP contribution in [0.4, 0.5) is 0 Å². The zero-order valence-electron chi connectivity index (χ0n) is 7.14. The Balaban J connectivity index is 2.66. The lowest BCUT2D eigenvalue weighted by Crippen LogP contribution is -2.25. The van der Waals surface area contributed by atoms with Crippen LogP contribution in [-0.4, -0.2) is 27.6 Å². The molecule has 0 saturated carbocycles. The van der Waals surface area contributed by atoms with E-state index in [1.807, 2.05) is 0 Å². The third kappa shape index (κ3) is 2.98. The summed E-state index contributed by atoms with van der Waals surface area (Å²) in [6.07, 6.45) is 4.42. The SMILES string of the molecule is N/C(=N\NC(=O)CCl)c1cnccn1. The summed E-state index contributed by atoms with van der Waals surface area (Å²) < 4.78 is 0. The van der Waals surface area contributed by atoms with Crippen molar-refractivity contribution in [2.45, 2.75) is 0 Å². The number of aromatic nitrogens is 2. The van der Waals surface area contributed by atoms with Gasteiger partial charge in [0.25, 0.3) is 5.91 Å². The number of rotatable bonds is 3. The van der Waals surface area contributed by atoms with Crippen molar-refractivity contribution >= 4 is 23.3 Å². The van der Waals surface area contributed by atoms with Crippen LogP contribution >= 0.6 is 11.6 Å². The molecule has 1 aromatic heterocycles. The van der Waals surface area contributed by atoms with Gasteiger partial charge in [-0.1, -0.05) is 0 Å². The molecule has 0 fully saturated rings. The molecular formula is C7H8ClN5O. The maximum atomic E-state index is 10.7. The molecule has 1 amide bonds. The molecule has 7 heteroatoms. The molecule has 0 aliphatic carbocycles. The number of alkyl halides is 1. The quantitative estimate of drug-likeness (QED) is 0.305. The Morgan fingerprint density at radius 1 is 1.64 bits per heavy atom. The zero-order chi connectivity index (χ0) is 10.4. The van der Waals surface area contributed by atoms with Crippen LogP contribution in [0.2, 0.25) is 0 Å². The van der Waals surface area contributed by atoms with E-state index >= 15 is 0 Å². The van der Waals surface area contributed by atoms with Gasteiger partial charge in [0, 0.05) is 12.4 Å². The van der Waals surface area contributed by atoms with E-state index in [0.717, 1.165) is 0 Å². The van der Waals surface area contributed by atoms with Gasteiger partial charge < -0.3 is 5.73 Å². The molecule has 0 saturated heterocycles. The number of carbonyl (C=O) groups excluding carboxylic acids is 1. The summed E-state index contributed by atoms with van der Waals surface area (Å²) >= 11 is 5.23. The van der Waals surface area contributed by atoms with Gasteiger partial charge >= 0.3 is 0 Å². The van der Waals surface area contributed by atoms with E-state index in [2.05, 4.69) is 20.5 Å². The molecular weight excluding hydrogens is 206 g/mol. The number of halogens is 1. The summed E-state index contributed by atoms with van der Waals surface area (Å²) in [5.41, 5.74) is 8.03. The van der Waals surface area contributed by atoms with Crippen molar-refractivity contribution in [1.29, 1.82) is 0 Å². The predicted molar refractivity (Wildman–Crippen MR) is 51.6 cm³/mol. The molecule has 0 atom stereocenters. The molecule has 1 rings (SSSR count). The topological polar surface area (TPSA) is 93.3 Å². The average Bonchev–Trinajstić information content (AvgIpc) is 2.26. The van der Waals surface area contributed by atoms with Crippen LogP contribution in [-0.2, 0) is 4.79 Å². The molecule has 0 bridgehead atoms. The van der Waals surface area contributed by atoms with Gasteiger partial charge in [-0.3, -0.25) is 9.78 Å². The van der Waals surface area contributed by atoms with E-state index in [9.17, 15) is 4.79 Å². The van der Waals surface area contributed by atoms with Crippen molar-refractivity contribution in [3.63, 3.8) is 0 Å². The molecule has 0 aromatic carbocycles. The molecule has 0 spiro atoms. The largest absolute Gasteiger partial charge is 0.380 e. The standard InChI is InChI=1S/C7H8ClN5O/c8-3-6(14)12-13-7(9)5-4-10-1-2-11-5/h1-2,4H,3H2,(H2,9,13)(H,12,14). The van der Waals surface area contributed by atoms with E-state index in [-0.39, 0.29) is 11.7 Å². The number of nitrogens with one attached hydrogen (secondary N) is 1. The van der Waals surface area contributed by atoms with Gasteiger partial charge in [0.2, 0.25) is 0 Å². The third-order valence-corrected chi connectivity index (χ3v) is 1.49. The van der Waals surface area contributed by atoms with Crippen molar-refractivity contribution in [1.82, 2.24) is 15.4 Å². The van der Waals surface area contributed by atoms with Crippen molar-refractivity contribution in [3.8, 4) is 0 Å². The minimum Gasteiger partial charge on any atom is -0.380 e. The number of amides is 1. The first-order chi connectivity index (χ1) is 6.74. The number of hydrogen-bond acceptors (Lipinski definition) is 4. The minimum atomic E-state index is -0.432. The van der Waals surface area contributed by atoms with Gasteiger partial charge in [-0.2, -0.15) is 5.10 Å². The summed E-state index contributed by atoms with van der Waals surface area (Å²) in [5, 5.41) is 3.57.